The summed E-state index contributed by atoms with van der Waals surface area (Å²) in [5.41, 5.74) is 0.916. The van der Waals surface area contributed by atoms with E-state index in [2.05, 4.69) is 12.2 Å². The maximum absolute atomic E-state index is 10.9. The van der Waals surface area contributed by atoms with Gasteiger partial charge in [-0.25, -0.2) is 0 Å². The average molecular weight is 294 g/mol. The minimum atomic E-state index is -0.378. The van der Waals surface area contributed by atoms with Gasteiger partial charge < -0.3 is 14.8 Å². The summed E-state index contributed by atoms with van der Waals surface area (Å²) in [7, 11) is 0. The molecule has 0 saturated carbocycles. The van der Waals surface area contributed by atoms with Gasteiger partial charge in [0.2, 0.25) is 0 Å². The Labute approximate surface area is 124 Å². The molecule has 21 heavy (non-hydrogen) atoms. The van der Waals surface area contributed by atoms with Crippen LogP contribution >= 0.6 is 0 Å². The van der Waals surface area contributed by atoms with Gasteiger partial charge in [0.15, 0.2) is 0 Å². The minimum Gasteiger partial charge on any atom is -0.488 e. The molecule has 0 bridgehead atoms. The summed E-state index contributed by atoms with van der Waals surface area (Å²) in [5.74, 6) is 0.708. The van der Waals surface area contributed by atoms with Crippen LogP contribution in [0.4, 0.5) is 5.69 Å². The van der Waals surface area contributed by atoms with E-state index >= 15 is 0 Å². The van der Waals surface area contributed by atoms with Crippen molar-refractivity contribution in [2.24, 2.45) is 0 Å². The van der Waals surface area contributed by atoms with E-state index in [9.17, 15) is 10.1 Å². The fourth-order valence-corrected chi connectivity index (χ4v) is 2.32. The molecule has 116 valence electrons. The van der Waals surface area contributed by atoms with Crippen LogP contribution in [0, 0.1) is 10.1 Å². The van der Waals surface area contributed by atoms with E-state index in [1.165, 1.54) is 6.07 Å². The molecule has 1 aliphatic rings. The number of nitro groups is 1. The third kappa shape index (κ3) is 4.68. The first kappa shape index (κ1) is 15.7. The zero-order valence-electron chi connectivity index (χ0n) is 12.3. The first-order valence-corrected chi connectivity index (χ1v) is 7.43. The number of non-ortho nitro benzene ring substituents is 1. The van der Waals surface area contributed by atoms with Gasteiger partial charge in [0, 0.05) is 30.8 Å². The van der Waals surface area contributed by atoms with Crippen molar-refractivity contribution < 1.29 is 14.4 Å². The van der Waals surface area contributed by atoms with Crippen LogP contribution in [-0.4, -0.2) is 30.8 Å². The highest BCUT2D eigenvalue weighted by Crippen LogP contribution is 2.26. The molecular weight excluding hydrogens is 272 g/mol. The molecule has 0 amide bonds. The van der Waals surface area contributed by atoms with Crippen LogP contribution in [0.3, 0.4) is 0 Å². The Bertz CT molecular complexity index is 473. The Morgan fingerprint density at radius 1 is 1.52 bits per heavy atom. The number of hydrogen-bond donors (Lipinski definition) is 1. The van der Waals surface area contributed by atoms with Gasteiger partial charge in [-0.05, 0) is 31.9 Å². The molecule has 1 aromatic rings. The van der Waals surface area contributed by atoms with Crippen molar-refractivity contribution in [3.63, 3.8) is 0 Å². The van der Waals surface area contributed by atoms with Crippen molar-refractivity contribution >= 4 is 5.69 Å². The molecule has 1 N–H and O–H groups in total. The van der Waals surface area contributed by atoms with E-state index in [0.29, 0.717) is 18.9 Å². The van der Waals surface area contributed by atoms with Crippen LogP contribution in [0.1, 0.15) is 31.7 Å². The third-order valence-electron chi connectivity index (χ3n) is 3.41. The lowest BCUT2D eigenvalue weighted by Gasteiger charge is -2.24. The van der Waals surface area contributed by atoms with Gasteiger partial charge in [-0.1, -0.05) is 6.92 Å². The van der Waals surface area contributed by atoms with Crippen molar-refractivity contribution in [2.75, 3.05) is 19.8 Å². The monoisotopic (exact) mass is 294 g/mol. The largest absolute Gasteiger partial charge is 0.488 e. The van der Waals surface area contributed by atoms with Crippen LogP contribution in [0.15, 0.2) is 18.2 Å². The standard InChI is InChI=1S/C15H22N2O4/c1-2-7-16-10-12-9-13(17(18)19)5-6-15(12)21-14-4-3-8-20-11-14/h5-6,9,14,16H,2-4,7-8,10-11H2,1H3. The van der Waals surface area contributed by atoms with Crippen LogP contribution in [0.5, 0.6) is 5.75 Å². The van der Waals surface area contributed by atoms with Crippen molar-refractivity contribution in [2.45, 2.75) is 38.8 Å². The first-order valence-electron chi connectivity index (χ1n) is 7.43. The van der Waals surface area contributed by atoms with E-state index in [1.54, 1.807) is 12.1 Å². The highest BCUT2D eigenvalue weighted by Gasteiger charge is 2.18. The maximum atomic E-state index is 10.9. The van der Waals surface area contributed by atoms with Crippen molar-refractivity contribution in [3.05, 3.63) is 33.9 Å². The predicted molar refractivity (Wildman–Crippen MR) is 79.6 cm³/mol. The summed E-state index contributed by atoms with van der Waals surface area (Å²) in [5, 5.41) is 14.2. The number of ether oxygens (including phenoxy) is 2. The first-order chi connectivity index (χ1) is 10.2. The number of rotatable bonds is 7. The molecule has 1 fully saturated rings. The molecule has 2 rings (SSSR count). The summed E-state index contributed by atoms with van der Waals surface area (Å²) in [6, 6.07) is 4.76. The van der Waals surface area contributed by atoms with Crippen LogP contribution in [0.2, 0.25) is 0 Å². The van der Waals surface area contributed by atoms with Gasteiger partial charge in [-0.2, -0.15) is 0 Å². The lowest BCUT2D eigenvalue weighted by Crippen LogP contribution is -2.28. The molecular formula is C15H22N2O4. The number of nitro benzene ring substituents is 1. The lowest BCUT2D eigenvalue weighted by molar-refractivity contribution is -0.384. The molecule has 1 heterocycles. The molecule has 0 aromatic heterocycles. The van der Waals surface area contributed by atoms with Crippen LogP contribution in [-0.2, 0) is 11.3 Å². The Kier molecular flexibility index (Phi) is 5.95. The number of benzene rings is 1. The third-order valence-corrected chi connectivity index (χ3v) is 3.41. The minimum absolute atomic E-state index is 0.0325. The number of nitrogens with one attached hydrogen (secondary N) is 1. The molecule has 1 aliphatic heterocycles. The summed E-state index contributed by atoms with van der Waals surface area (Å²) < 4.78 is 11.4. The second kappa shape index (κ2) is 7.95. The normalized spacial score (nSPS) is 18.4. The van der Waals surface area contributed by atoms with E-state index in [0.717, 1.165) is 38.0 Å². The highest BCUT2D eigenvalue weighted by atomic mass is 16.6. The average Bonchev–Trinajstić information content (AvgIpc) is 2.50. The van der Waals surface area contributed by atoms with E-state index in [4.69, 9.17) is 9.47 Å². The molecule has 6 heteroatoms. The second-order valence-electron chi connectivity index (χ2n) is 5.18. The topological polar surface area (TPSA) is 73.6 Å². The van der Waals surface area contributed by atoms with Crippen molar-refractivity contribution in [1.29, 1.82) is 0 Å². The second-order valence-corrected chi connectivity index (χ2v) is 5.18. The fourth-order valence-electron chi connectivity index (χ4n) is 2.32. The van der Waals surface area contributed by atoms with Gasteiger partial charge in [-0.3, -0.25) is 10.1 Å². The Balaban J connectivity index is 2.10. The van der Waals surface area contributed by atoms with Crippen molar-refractivity contribution in [1.82, 2.24) is 5.32 Å². The Morgan fingerprint density at radius 3 is 3.05 bits per heavy atom. The van der Waals surface area contributed by atoms with E-state index in [1.807, 2.05) is 0 Å². The van der Waals surface area contributed by atoms with Crippen molar-refractivity contribution in [3.8, 4) is 5.75 Å². The number of hydrogen-bond acceptors (Lipinski definition) is 5. The van der Waals surface area contributed by atoms with Gasteiger partial charge in [0.1, 0.15) is 11.9 Å². The quantitative estimate of drug-likeness (QED) is 0.475. The molecule has 1 aromatic carbocycles. The van der Waals surface area contributed by atoms with Gasteiger partial charge in [0.25, 0.3) is 5.69 Å². The molecule has 6 nitrogen and oxygen atoms in total. The summed E-state index contributed by atoms with van der Waals surface area (Å²) in [6.07, 6.45) is 2.99. The SMILES string of the molecule is CCCNCc1cc([N+](=O)[O-])ccc1OC1CCCOC1. The number of nitrogens with zero attached hydrogens (tertiary/aromatic N) is 1. The van der Waals surface area contributed by atoms with Gasteiger partial charge >= 0.3 is 0 Å². The van der Waals surface area contributed by atoms with E-state index in [-0.39, 0.29) is 16.7 Å². The summed E-state index contributed by atoms with van der Waals surface area (Å²) in [6.45, 7) is 4.88. The Hall–Kier alpha value is -1.66. The smallest absolute Gasteiger partial charge is 0.270 e. The molecule has 1 saturated heterocycles. The van der Waals surface area contributed by atoms with Crippen LogP contribution < -0.4 is 10.1 Å². The van der Waals surface area contributed by atoms with Gasteiger partial charge in [-0.15, -0.1) is 0 Å². The predicted octanol–water partition coefficient (Wildman–Crippen LogP) is 2.65. The molecule has 1 unspecified atom stereocenters. The van der Waals surface area contributed by atoms with Crippen LogP contribution in [0.25, 0.3) is 0 Å². The maximum Gasteiger partial charge on any atom is 0.270 e. The lowest BCUT2D eigenvalue weighted by atomic mass is 10.1. The highest BCUT2D eigenvalue weighted by molar-refractivity contribution is 5.44. The van der Waals surface area contributed by atoms with E-state index < -0.39 is 0 Å². The molecule has 0 spiro atoms. The molecule has 1 atom stereocenters. The summed E-state index contributed by atoms with van der Waals surface area (Å²) in [4.78, 5) is 10.5. The molecule has 0 radical (unpaired) electrons. The molecule has 0 aliphatic carbocycles. The fraction of sp³-hybridized carbons (Fsp3) is 0.600. The van der Waals surface area contributed by atoms with Gasteiger partial charge in [0.05, 0.1) is 11.5 Å². The zero-order valence-corrected chi connectivity index (χ0v) is 12.3. The zero-order chi connectivity index (χ0) is 15.1. The summed E-state index contributed by atoms with van der Waals surface area (Å²) >= 11 is 0. The Morgan fingerprint density at radius 2 is 2.38 bits per heavy atom.